The van der Waals surface area contributed by atoms with Crippen LogP contribution in [0.5, 0.6) is 0 Å². The smallest absolute Gasteiger partial charge is 0.359 e. The molecule has 0 aromatic rings. The number of likely N-dealkylation sites (N-methyl/N-ethyl adjacent to an activating group) is 2. The third-order valence-corrected chi connectivity index (χ3v) is 3.77. The third kappa shape index (κ3) is 25.4. The summed E-state index contributed by atoms with van der Waals surface area (Å²) in [6.45, 7) is 8.50. The molecule has 0 saturated heterocycles. The molecule has 8 nitrogen and oxygen atoms in total. The van der Waals surface area contributed by atoms with Crippen molar-refractivity contribution < 1.29 is 36.6 Å². The van der Waals surface area contributed by atoms with Crippen LogP contribution in [0.25, 0.3) is 0 Å². The van der Waals surface area contributed by atoms with Gasteiger partial charge in [0.25, 0.3) is 10.1 Å². The van der Waals surface area contributed by atoms with Crippen molar-refractivity contribution in [2.24, 2.45) is 0 Å². The minimum atomic E-state index is -3.84. The van der Waals surface area contributed by atoms with Crippen LogP contribution in [0.2, 0.25) is 0 Å². The van der Waals surface area contributed by atoms with E-state index < -0.39 is 16.1 Å². The van der Waals surface area contributed by atoms with Gasteiger partial charge in [0.2, 0.25) is 0 Å². The topological polar surface area (TPSA) is 101 Å². The van der Waals surface area contributed by atoms with Crippen LogP contribution in [0.15, 0.2) is 12.2 Å². The average molecular weight is 385 g/mol. The van der Waals surface area contributed by atoms with E-state index >= 15 is 0 Å². The van der Waals surface area contributed by atoms with Crippen LogP contribution < -0.4 is 0 Å². The van der Waals surface area contributed by atoms with Crippen molar-refractivity contribution in [1.29, 1.82) is 0 Å². The number of hydrogen-bond donors (Lipinski definition) is 2. The maximum absolute atomic E-state index is 10.6. The SMILES string of the molecule is C=C(C)COCC[N+](C)(C)CCCS(=O)(=O)O.C[N+](C)(C)CC(=O)O. The number of hydrogen-bond acceptors (Lipinski definition) is 4. The molecule has 0 unspecified atom stereocenters. The van der Waals surface area contributed by atoms with E-state index in [-0.39, 0.29) is 12.3 Å². The van der Waals surface area contributed by atoms with E-state index in [1.165, 1.54) is 0 Å². The molecule has 0 bridgehead atoms. The molecule has 0 saturated carbocycles. The third-order valence-electron chi connectivity index (χ3n) is 2.96. The summed E-state index contributed by atoms with van der Waals surface area (Å²) >= 11 is 0. The van der Waals surface area contributed by atoms with Gasteiger partial charge < -0.3 is 18.8 Å². The second-order valence-electron chi connectivity index (χ2n) is 7.87. The summed E-state index contributed by atoms with van der Waals surface area (Å²) in [4.78, 5) is 10.00. The summed E-state index contributed by atoms with van der Waals surface area (Å²) in [6, 6.07) is 0. The fraction of sp³-hybridized carbons (Fsp3) is 0.812. The zero-order valence-corrected chi connectivity index (χ0v) is 17.3. The maximum Gasteiger partial charge on any atom is 0.359 e. The van der Waals surface area contributed by atoms with E-state index in [2.05, 4.69) is 6.58 Å². The lowest BCUT2D eigenvalue weighted by molar-refractivity contribution is -0.890. The molecule has 0 rings (SSSR count). The van der Waals surface area contributed by atoms with E-state index in [4.69, 9.17) is 14.4 Å². The van der Waals surface area contributed by atoms with Gasteiger partial charge in [-0.3, -0.25) is 4.55 Å². The summed E-state index contributed by atoms with van der Waals surface area (Å²) in [5, 5.41) is 8.23. The van der Waals surface area contributed by atoms with Crippen LogP contribution in [-0.4, -0.2) is 107 Å². The van der Waals surface area contributed by atoms with Crippen molar-refractivity contribution in [2.75, 3.05) is 73.8 Å². The number of carbonyl (C=O) groups is 1. The normalized spacial score (nSPS) is 12.3. The van der Waals surface area contributed by atoms with Crippen molar-refractivity contribution in [3.8, 4) is 0 Å². The number of nitrogens with zero attached hydrogens (tertiary/aromatic N) is 2. The van der Waals surface area contributed by atoms with Gasteiger partial charge in [-0.1, -0.05) is 12.2 Å². The van der Waals surface area contributed by atoms with Gasteiger partial charge in [-0.25, -0.2) is 4.79 Å². The first-order valence-corrected chi connectivity index (χ1v) is 9.66. The van der Waals surface area contributed by atoms with Gasteiger partial charge >= 0.3 is 5.97 Å². The molecular weight excluding hydrogens is 348 g/mol. The molecule has 0 heterocycles. The second kappa shape index (κ2) is 11.6. The molecule has 0 spiro atoms. The number of quaternary nitrogens is 2. The van der Waals surface area contributed by atoms with Crippen LogP contribution in [0.3, 0.4) is 0 Å². The molecule has 0 aromatic heterocycles. The van der Waals surface area contributed by atoms with Crippen LogP contribution in [0, 0.1) is 0 Å². The Morgan fingerprint density at radius 1 is 1.12 bits per heavy atom. The quantitative estimate of drug-likeness (QED) is 0.235. The Balaban J connectivity index is 0. The molecule has 0 amide bonds. The Labute approximate surface area is 152 Å². The molecular formula is C16H36N2O6S+2. The lowest BCUT2D eigenvalue weighted by Gasteiger charge is -2.29. The first kappa shape index (κ1) is 26.2. The Morgan fingerprint density at radius 3 is 1.96 bits per heavy atom. The summed E-state index contributed by atoms with van der Waals surface area (Å²) < 4.78 is 36.3. The Bertz CT molecular complexity index is 509. The zero-order chi connectivity index (χ0) is 20.3. The van der Waals surface area contributed by atoms with Gasteiger partial charge in [0.05, 0.1) is 60.7 Å². The molecule has 0 aliphatic rings. The molecule has 25 heavy (non-hydrogen) atoms. The predicted octanol–water partition coefficient (Wildman–Crippen LogP) is 0.711. The van der Waals surface area contributed by atoms with Crippen molar-refractivity contribution in [3.05, 3.63) is 12.2 Å². The zero-order valence-electron chi connectivity index (χ0n) is 16.5. The molecule has 0 aliphatic heterocycles. The summed E-state index contributed by atoms with van der Waals surface area (Å²) in [7, 11) is 5.70. The molecule has 0 aliphatic carbocycles. The highest BCUT2D eigenvalue weighted by Gasteiger charge is 2.16. The van der Waals surface area contributed by atoms with Gasteiger partial charge in [0.15, 0.2) is 6.54 Å². The van der Waals surface area contributed by atoms with Gasteiger partial charge in [-0.2, -0.15) is 8.42 Å². The van der Waals surface area contributed by atoms with Gasteiger partial charge in [-0.05, 0) is 6.92 Å². The minimum Gasteiger partial charge on any atom is -0.477 e. The average Bonchev–Trinajstić information content (AvgIpc) is 2.30. The van der Waals surface area contributed by atoms with Crippen LogP contribution in [0.1, 0.15) is 13.3 Å². The van der Waals surface area contributed by atoms with Crippen LogP contribution >= 0.6 is 0 Å². The van der Waals surface area contributed by atoms with Gasteiger partial charge in [0, 0.05) is 6.42 Å². The Morgan fingerprint density at radius 2 is 1.64 bits per heavy atom. The summed E-state index contributed by atoms with van der Waals surface area (Å²) in [5.74, 6) is -0.932. The van der Waals surface area contributed by atoms with E-state index in [0.29, 0.717) is 35.1 Å². The summed E-state index contributed by atoms with van der Waals surface area (Å²) in [6.07, 6.45) is 0.451. The molecule has 0 atom stereocenters. The fourth-order valence-electron chi connectivity index (χ4n) is 1.75. The molecule has 0 fully saturated rings. The standard InChI is InChI=1S/C11H23NO4S.C5H11NO2/c1-11(2)10-16-8-7-12(3,4)6-5-9-17(13,14)15;1-6(2,3)4-5(7)8/h1,5-10H2,2-4H3;4H2,1-3H3/p+2. The van der Waals surface area contributed by atoms with E-state index in [1.807, 2.05) is 42.2 Å². The fourth-order valence-corrected chi connectivity index (χ4v) is 2.24. The number of rotatable bonds is 11. The largest absolute Gasteiger partial charge is 0.477 e. The van der Waals surface area contributed by atoms with E-state index in [0.717, 1.165) is 12.1 Å². The monoisotopic (exact) mass is 384 g/mol. The van der Waals surface area contributed by atoms with Crippen molar-refractivity contribution in [3.63, 3.8) is 0 Å². The first-order chi connectivity index (χ1) is 11.0. The van der Waals surface area contributed by atoms with Gasteiger partial charge in [-0.15, -0.1) is 0 Å². The lowest BCUT2D eigenvalue weighted by atomic mass is 10.3. The molecule has 0 aromatic carbocycles. The molecule has 9 heteroatoms. The Hall–Kier alpha value is -1.00. The Kier molecular flexibility index (Phi) is 12.2. The number of carboxylic acids is 1. The van der Waals surface area contributed by atoms with E-state index in [1.54, 1.807) is 0 Å². The highest BCUT2D eigenvalue weighted by Crippen LogP contribution is 2.01. The number of ether oxygens (including phenoxy) is 1. The predicted molar refractivity (Wildman–Crippen MR) is 99.0 cm³/mol. The molecule has 0 radical (unpaired) electrons. The van der Waals surface area contributed by atoms with E-state index in [9.17, 15) is 13.2 Å². The van der Waals surface area contributed by atoms with Crippen molar-refractivity contribution in [2.45, 2.75) is 13.3 Å². The highest BCUT2D eigenvalue weighted by atomic mass is 32.2. The number of carboxylic acid groups (broad SMARTS) is 1. The highest BCUT2D eigenvalue weighted by molar-refractivity contribution is 7.85. The molecule has 150 valence electrons. The molecule has 2 N–H and O–H groups in total. The second-order valence-corrected chi connectivity index (χ2v) is 9.45. The maximum atomic E-state index is 10.6. The minimum absolute atomic E-state index is 0.179. The van der Waals surface area contributed by atoms with Gasteiger partial charge in [0.1, 0.15) is 6.54 Å². The first-order valence-electron chi connectivity index (χ1n) is 8.06. The van der Waals surface area contributed by atoms with Crippen molar-refractivity contribution >= 4 is 16.1 Å². The lowest BCUT2D eigenvalue weighted by Crippen LogP contribution is -2.43. The number of aliphatic carboxylic acids is 1. The summed E-state index contributed by atoms with van der Waals surface area (Å²) in [5.41, 5.74) is 0.988. The van der Waals surface area contributed by atoms with Crippen molar-refractivity contribution in [1.82, 2.24) is 0 Å². The van der Waals surface area contributed by atoms with Crippen LogP contribution in [0.4, 0.5) is 0 Å². The van der Waals surface area contributed by atoms with Crippen LogP contribution in [-0.2, 0) is 19.6 Å².